The number of benzene rings is 2. The number of nitriles is 1. The second-order valence-corrected chi connectivity index (χ2v) is 8.92. The quantitative estimate of drug-likeness (QED) is 0.202. The van der Waals surface area contributed by atoms with Crippen LogP contribution in [0.2, 0.25) is 0 Å². The third-order valence-electron chi connectivity index (χ3n) is 5.90. The van der Waals surface area contributed by atoms with Crippen molar-refractivity contribution < 1.29 is 23.1 Å². The van der Waals surface area contributed by atoms with E-state index in [1.54, 1.807) is 25.1 Å². The van der Waals surface area contributed by atoms with Crippen molar-refractivity contribution >= 4 is 12.0 Å². The lowest BCUT2D eigenvalue weighted by atomic mass is 10.0. The van der Waals surface area contributed by atoms with Gasteiger partial charge in [-0.25, -0.2) is 0 Å². The van der Waals surface area contributed by atoms with Gasteiger partial charge < -0.3 is 10.0 Å². The first-order valence-electron chi connectivity index (χ1n) is 13.0. The van der Waals surface area contributed by atoms with Crippen molar-refractivity contribution in [3.8, 4) is 6.07 Å². The Hall–Kier alpha value is -3.37. The summed E-state index contributed by atoms with van der Waals surface area (Å²) in [7, 11) is 1.47. The lowest BCUT2D eigenvalue weighted by Gasteiger charge is -2.20. The van der Waals surface area contributed by atoms with Gasteiger partial charge in [0.2, 0.25) is 0 Å². The van der Waals surface area contributed by atoms with E-state index in [2.05, 4.69) is 19.1 Å². The van der Waals surface area contributed by atoms with E-state index in [4.69, 9.17) is 5.26 Å². The van der Waals surface area contributed by atoms with E-state index in [1.807, 2.05) is 32.0 Å². The summed E-state index contributed by atoms with van der Waals surface area (Å²) in [6.45, 7) is 7.65. The van der Waals surface area contributed by atoms with Crippen molar-refractivity contribution in [3.05, 3.63) is 88.6 Å². The molecule has 1 saturated carbocycles. The first-order valence-corrected chi connectivity index (χ1v) is 13.0. The van der Waals surface area contributed by atoms with Gasteiger partial charge in [-0.3, -0.25) is 4.79 Å². The normalized spacial score (nSPS) is 14.2. The molecule has 0 heterocycles. The summed E-state index contributed by atoms with van der Waals surface area (Å²) in [5.74, 6) is 0.912. The van der Waals surface area contributed by atoms with E-state index in [0.29, 0.717) is 17.5 Å². The minimum Gasteiger partial charge on any atom is -0.388 e. The molecule has 1 N–H and O–H groups in total. The fraction of sp³-hybridized carbons (Fsp3) is 0.419. The Morgan fingerprint density at radius 1 is 1.18 bits per heavy atom. The zero-order valence-corrected chi connectivity index (χ0v) is 22.9. The molecule has 7 heteroatoms. The minimum atomic E-state index is -4.53. The molecule has 0 spiro atoms. The standard InChI is InChI=1S/C16H15F3N2O.C13H18O.C2H6/c1-3-5-13(16(17,18)19)9-15(11-22)21(2)14-7-4-6-12(8-14)10-20;1-10-3-2-4-12(9-10)13(14)8-7-11-5-6-11;1-2/h4-9,11H,3H2,1-2H3;2-4,9,11,13-14H,5-8H2,1H3;1-2H3/b13-5-,15-9-;;. The van der Waals surface area contributed by atoms with Gasteiger partial charge in [-0.05, 0) is 61.9 Å². The van der Waals surface area contributed by atoms with Gasteiger partial charge in [0.25, 0.3) is 0 Å². The van der Waals surface area contributed by atoms with Crippen LogP contribution in [-0.2, 0) is 4.79 Å². The summed E-state index contributed by atoms with van der Waals surface area (Å²) in [5, 5.41) is 18.8. The SMILES string of the molecule is CC.CC/C=C(/C=C(/C=O)N(C)c1cccc(C#N)c1)C(F)(F)F.Cc1cccc(C(O)CCC2CC2)c1. The Morgan fingerprint density at radius 3 is 2.37 bits per heavy atom. The molecule has 1 fully saturated rings. The summed E-state index contributed by atoms with van der Waals surface area (Å²) in [6, 6.07) is 16.4. The van der Waals surface area contributed by atoms with Crippen molar-refractivity contribution in [2.24, 2.45) is 5.92 Å². The molecular weight excluding hydrogens is 489 g/mol. The number of hydrogen-bond acceptors (Lipinski definition) is 4. The average molecular weight is 529 g/mol. The number of carbonyl (C=O) groups is 1. The van der Waals surface area contributed by atoms with Crippen LogP contribution in [0.25, 0.3) is 0 Å². The maximum atomic E-state index is 12.9. The van der Waals surface area contributed by atoms with Crippen molar-refractivity contribution in [1.82, 2.24) is 0 Å². The predicted octanol–water partition coefficient (Wildman–Crippen LogP) is 8.22. The van der Waals surface area contributed by atoms with Crippen LogP contribution in [0.3, 0.4) is 0 Å². The van der Waals surface area contributed by atoms with Gasteiger partial charge in [-0.1, -0.05) is 75.6 Å². The molecule has 1 atom stereocenters. The zero-order valence-electron chi connectivity index (χ0n) is 22.9. The fourth-order valence-corrected chi connectivity index (χ4v) is 3.62. The van der Waals surface area contributed by atoms with Crippen LogP contribution in [0.5, 0.6) is 0 Å². The van der Waals surface area contributed by atoms with E-state index in [0.717, 1.165) is 30.1 Å². The van der Waals surface area contributed by atoms with E-state index in [1.165, 1.54) is 42.8 Å². The van der Waals surface area contributed by atoms with Crippen LogP contribution in [0.15, 0.2) is 72.0 Å². The number of nitrogens with zero attached hydrogens (tertiary/aromatic N) is 2. The highest BCUT2D eigenvalue weighted by Gasteiger charge is 2.32. The summed E-state index contributed by atoms with van der Waals surface area (Å²) >= 11 is 0. The van der Waals surface area contributed by atoms with Gasteiger partial charge in [-0.15, -0.1) is 0 Å². The topological polar surface area (TPSA) is 64.3 Å². The molecule has 0 aliphatic heterocycles. The molecule has 38 heavy (non-hydrogen) atoms. The molecule has 1 aliphatic carbocycles. The summed E-state index contributed by atoms with van der Waals surface area (Å²) in [6.07, 6.45) is 2.46. The number of allylic oxidation sites excluding steroid dienone is 4. The lowest BCUT2D eigenvalue weighted by molar-refractivity contribution is -0.105. The van der Waals surface area contributed by atoms with E-state index < -0.39 is 11.7 Å². The van der Waals surface area contributed by atoms with Gasteiger partial charge >= 0.3 is 6.18 Å². The summed E-state index contributed by atoms with van der Waals surface area (Å²) in [4.78, 5) is 12.5. The summed E-state index contributed by atoms with van der Waals surface area (Å²) < 4.78 is 38.7. The Bertz CT molecular complexity index is 1110. The van der Waals surface area contributed by atoms with Gasteiger partial charge in [0.1, 0.15) is 0 Å². The number of alkyl halides is 3. The molecular formula is C31H39F3N2O2. The number of aryl methyl sites for hydroxylation is 1. The third kappa shape index (κ3) is 11.4. The minimum absolute atomic E-state index is 0.146. The number of rotatable bonds is 9. The van der Waals surface area contributed by atoms with Crippen LogP contribution >= 0.6 is 0 Å². The van der Waals surface area contributed by atoms with Crippen LogP contribution in [0, 0.1) is 24.2 Å². The average Bonchev–Trinajstić information content (AvgIpc) is 3.75. The van der Waals surface area contributed by atoms with Crippen molar-refractivity contribution in [1.29, 1.82) is 5.26 Å². The number of anilines is 1. The molecule has 1 unspecified atom stereocenters. The number of aldehydes is 1. The molecule has 0 radical (unpaired) electrons. The van der Waals surface area contributed by atoms with Crippen molar-refractivity contribution in [3.63, 3.8) is 0 Å². The maximum Gasteiger partial charge on any atom is 0.416 e. The van der Waals surface area contributed by atoms with Gasteiger partial charge in [-0.2, -0.15) is 18.4 Å². The highest BCUT2D eigenvalue weighted by Crippen LogP contribution is 2.36. The molecule has 2 aromatic carbocycles. The van der Waals surface area contributed by atoms with Gasteiger partial charge in [0.15, 0.2) is 6.29 Å². The molecule has 2 aromatic rings. The molecule has 206 valence electrons. The van der Waals surface area contributed by atoms with E-state index >= 15 is 0 Å². The highest BCUT2D eigenvalue weighted by atomic mass is 19.4. The second kappa shape index (κ2) is 16.5. The smallest absolute Gasteiger partial charge is 0.388 e. The highest BCUT2D eigenvalue weighted by molar-refractivity contribution is 5.81. The van der Waals surface area contributed by atoms with Crippen LogP contribution in [0.1, 0.15) is 75.7 Å². The Morgan fingerprint density at radius 2 is 1.84 bits per heavy atom. The van der Waals surface area contributed by atoms with E-state index in [9.17, 15) is 23.1 Å². The van der Waals surface area contributed by atoms with Crippen LogP contribution in [0.4, 0.5) is 18.9 Å². The van der Waals surface area contributed by atoms with Crippen LogP contribution < -0.4 is 4.90 Å². The molecule has 1 aliphatic rings. The first kappa shape index (κ1) is 32.7. The molecule has 3 rings (SSSR count). The Labute approximate surface area is 225 Å². The molecule has 0 amide bonds. The molecule has 0 saturated heterocycles. The fourth-order valence-electron chi connectivity index (χ4n) is 3.62. The number of aliphatic hydroxyl groups excluding tert-OH is 1. The number of hydrogen-bond donors (Lipinski definition) is 1. The van der Waals surface area contributed by atoms with Gasteiger partial charge in [0, 0.05) is 12.7 Å². The first-order chi connectivity index (χ1) is 18.1. The van der Waals surface area contributed by atoms with Gasteiger partial charge in [0.05, 0.1) is 29.0 Å². The largest absolute Gasteiger partial charge is 0.416 e. The Kier molecular flexibility index (Phi) is 14.2. The number of carbonyl (C=O) groups excluding carboxylic acids is 1. The van der Waals surface area contributed by atoms with Crippen molar-refractivity contribution in [2.45, 2.75) is 72.1 Å². The summed E-state index contributed by atoms with van der Waals surface area (Å²) in [5.41, 5.74) is 2.09. The second-order valence-electron chi connectivity index (χ2n) is 8.92. The molecule has 4 nitrogen and oxygen atoms in total. The third-order valence-corrected chi connectivity index (χ3v) is 5.90. The molecule has 0 bridgehead atoms. The Balaban J connectivity index is 0.000000385. The lowest BCUT2D eigenvalue weighted by Crippen LogP contribution is -2.20. The zero-order chi connectivity index (χ0) is 28.7. The maximum absolute atomic E-state index is 12.9. The number of halogens is 3. The number of aliphatic hydroxyl groups is 1. The van der Waals surface area contributed by atoms with E-state index in [-0.39, 0.29) is 18.2 Å². The van der Waals surface area contributed by atoms with Crippen LogP contribution in [-0.4, -0.2) is 24.6 Å². The predicted molar refractivity (Wildman–Crippen MR) is 148 cm³/mol. The molecule has 0 aromatic heterocycles. The monoisotopic (exact) mass is 528 g/mol. The number of likely N-dealkylation sites (N-methyl/N-ethyl adjacent to an activating group) is 1. The van der Waals surface area contributed by atoms with Crippen molar-refractivity contribution in [2.75, 3.05) is 11.9 Å².